The topological polar surface area (TPSA) is 65.2 Å². The molecular formula is C8H12N2O2S. The van der Waals surface area contributed by atoms with E-state index < -0.39 is 0 Å². The van der Waals surface area contributed by atoms with Crippen molar-refractivity contribution in [3.63, 3.8) is 0 Å². The summed E-state index contributed by atoms with van der Waals surface area (Å²) >= 11 is 1.33. The highest BCUT2D eigenvalue weighted by atomic mass is 32.1. The number of nitrogens with zero attached hydrogens (tertiary/aromatic N) is 1. The zero-order valence-electron chi connectivity index (χ0n) is 7.61. The summed E-state index contributed by atoms with van der Waals surface area (Å²) in [6.07, 6.45) is 0. The third-order valence-electron chi connectivity index (χ3n) is 1.62. The minimum Gasteiger partial charge on any atom is -0.465 e. The Balaban J connectivity index is 2.67. The number of nitrogens with two attached hydrogens (primary N) is 1. The highest BCUT2D eigenvalue weighted by Gasteiger charge is 2.18. The summed E-state index contributed by atoms with van der Waals surface area (Å²) in [5.41, 5.74) is 6.13. The first-order valence-electron chi connectivity index (χ1n) is 4.02. The number of nitrogen functional groups attached to an aromatic ring is 1. The molecule has 4 nitrogen and oxygen atoms in total. The van der Waals surface area contributed by atoms with Gasteiger partial charge < -0.3 is 10.5 Å². The van der Waals surface area contributed by atoms with Gasteiger partial charge >= 0.3 is 5.97 Å². The van der Waals surface area contributed by atoms with Crippen LogP contribution < -0.4 is 5.73 Å². The van der Waals surface area contributed by atoms with Crippen LogP contribution in [0.4, 0.5) is 5.13 Å². The molecule has 1 heterocycles. The van der Waals surface area contributed by atoms with Gasteiger partial charge in [-0.2, -0.15) is 0 Å². The van der Waals surface area contributed by atoms with Crippen molar-refractivity contribution in [2.75, 3.05) is 12.3 Å². The molecule has 1 atom stereocenters. The second kappa shape index (κ2) is 4.23. The van der Waals surface area contributed by atoms with E-state index in [2.05, 4.69) is 4.98 Å². The summed E-state index contributed by atoms with van der Waals surface area (Å²) in [6.45, 7) is 3.93. The smallest absolute Gasteiger partial charge is 0.314 e. The molecule has 1 aromatic heterocycles. The number of hydrogen-bond donors (Lipinski definition) is 1. The lowest BCUT2D eigenvalue weighted by Gasteiger charge is -2.06. The summed E-state index contributed by atoms with van der Waals surface area (Å²) in [5, 5.41) is 2.25. The van der Waals surface area contributed by atoms with E-state index in [4.69, 9.17) is 10.5 Å². The lowest BCUT2D eigenvalue weighted by Crippen LogP contribution is -2.13. The molecule has 1 unspecified atom stereocenters. The molecule has 1 aromatic rings. The van der Waals surface area contributed by atoms with Gasteiger partial charge in [-0.15, -0.1) is 11.3 Å². The van der Waals surface area contributed by atoms with Crippen LogP contribution in [0.2, 0.25) is 0 Å². The standard InChI is InChI=1S/C8H12N2O2S/c1-3-12-7(11)5(2)6-4-13-8(9)10-6/h4-5H,3H2,1-2H3,(H2,9,10). The third-order valence-corrected chi connectivity index (χ3v) is 2.32. The maximum atomic E-state index is 11.3. The van der Waals surface area contributed by atoms with E-state index in [1.54, 1.807) is 19.2 Å². The van der Waals surface area contributed by atoms with Crippen molar-refractivity contribution in [2.24, 2.45) is 0 Å². The van der Waals surface area contributed by atoms with Gasteiger partial charge in [-0.1, -0.05) is 0 Å². The number of anilines is 1. The maximum absolute atomic E-state index is 11.3. The molecule has 5 heteroatoms. The molecule has 0 bridgehead atoms. The second-order valence-corrected chi connectivity index (χ2v) is 3.47. The van der Waals surface area contributed by atoms with Gasteiger partial charge in [-0.25, -0.2) is 4.98 Å². The Hall–Kier alpha value is -1.10. The highest BCUT2D eigenvalue weighted by molar-refractivity contribution is 7.13. The number of esters is 1. The van der Waals surface area contributed by atoms with Crippen molar-refractivity contribution in [2.45, 2.75) is 19.8 Å². The second-order valence-electron chi connectivity index (χ2n) is 2.58. The molecule has 0 saturated carbocycles. The van der Waals surface area contributed by atoms with E-state index in [1.165, 1.54) is 11.3 Å². The zero-order chi connectivity index (χ0) is 9.84. The number of ether oxygens (including phenoxy) is 1. The minimum absolute atomic E-state index is 0.257. The Bertz CT molecular complexity index is 298. The van der Waals surface area contributed by atoms with Crippen LogP contribution in [0.1, 0.15) is 25.5 Å². The van der Waals surface area contributed by atoms with Crippen LogP contribution in [0.15, 0.2) is 5.38 Å². The largest absolute Gasteiger partial charge is 0.465 e. The average molecular weight is 200 g/mol. The number of rotatable bonds is 3. The molecule has 2 N–H and O–H groups in total. The average Bonchev–Trinajstić information content (AvgIpc) is 2.51. The number of aromatic nitrogens is 1. The summed E-state index contributed by atoms with van der Waals surface area (Å²) in [6, 6.07) is 0. The van der Waals surface area contributed by atoms with Crippen LogP contribution in [0.25, 0.3) is 0 Å². The first kappa shape index (κ1) is 9.98. The molecule has 0 spiro atoms. The zero-order valence-corrected chi connectivity index (χ0v) is 8.43. The van der Waals surface area contributed by atoms with Gasteiger partial charge in [0.05, 0.1) is 18.2 Å². The molecule has 0 radical (unpaired) electrons. The Morgan fingerprint density at radius 3 is 3.00 bits per heavy atom. The molecule has 0 fully saturated rings. The molecule has 0 aromatic carbocycles. The predicted molar refractivity (Wildman–Crippen MR) is 51.6 cm³/mol. The fourth-order valence-electron chi connectivity index (χ4n) is 0.888. The fraction of sp³-hybridized carbons (Fsp3) is 0.500. The van der Waals surface area contributed by atoms with Crippen LogP contribution in [0.5, 0.6) is 0 Å². The molecular weight excluding hydrogens is 188 g/mol. The molecule has 13 heavy (non-hydrogen) atoms. The lowest BCUT2D eigenvalue weighted by atomic mass is 10.1. The molecule has 0 aliphatic heterocycles. The SMILES string of the molecule is CCOC(=O)C(C)c1csc(N)n1. The lowest BCUT2D eigenvalue weighted by molar-refractivity contribution is -0.144. The molecule has 0 amide bonds. The van der Waals surface area contributed by atoms with Gasteiger partial charge in [0.2, 0.25) is 0 Å². The molecule has 0 aliphatic rings. The van der Waals surface area contributed by atoms with E-state index in [1.807, 2.05) is 0 Å². The van der Waals surface area contributed by atoms with Gasteiger partial charge in [0.1, 0.15) is 0 Å². The quantitative estimate of drug-likeness (QED) is 0.749. The van der Waals surface area contributed by atoms with Crippen molar-refractivity contribution >= 4 is 22.4 Å². The first-order valence-corrected chi connectivity index (χ1v) is 4.90. The van der Waals surface area contributed by atoms with E-state index in [-0.39, 0.29) is 11.9 Å². The fourth-order valence-corrected chi connectivity index (χ4v) is 1.54. The maximum Gasteiger partial charge on any atom is 0.314 e. The van der Waals surface area contributed by atoms with E-state index >= 15 is 0 Å². The van der Waals surface area contributed by atoms with Crippen molar-refractivity contribution in [1.29, 1.82) is 0 Å². The summed E-state index contributed by atoms with van der Waals surface area (Å²) in [5.74, 6) is -0.582. The van der Waals surface area contributed by atoms with Crippen LogP contribution in [0.3, 0.4) is 0 Å². The number of carbonyl (C=O) groups is 1. The van der Waals surface area contributed by atoms with Crippen LogP contribution in [-0.2, 0) is 9.53 Å². The van der Waals surface area contributed by atoms with E-state index in [9.17, 15) is 4.79 Å². The van der Waals surface area contributed by atoms with Crippen molar-refractivity contribution in [3.8, 4) is 0 Å². The van der Waals surface area contributed by atoms with Crippen molar-refractivity contribution in [1.82, 2.24) is 4.98 Å². The van der Waals surface area contributed by atoms with Crippen molar-refractivity contribution < 1.29 is 9.53 Å². The van der Waals surface area contributed by atoms with Gasteiger partial charge in [0.15, 0.2) is 5.13 Å². The van der Waals surface area contributed by atoms with Gasteiger partial charge in [-0.3, -0.25) is 4.79 Å². The minimum atomic E-state index is -0.325. The Morgan fingerprint density at radius 1 is 1.85 bits per heavy atom. The Kier molecular flexibility index (Phi) is 3.25. The van der Waals surface area contributed by atoms with E-state index in [0.29, 0.717) is 17.4 Å². The van der Waals surface area contributed by atoms with Gasteiger partial charge in [0, 0.05) is 5.38 Å². The molecule has 1 rings (SSSR count). The molecule has 0 aliphatic carbocycles. The Morgan fingerprint density at radius 2 is 2.54 bits per heavy atom. The number of hydrogen-bond acceptors (Lipinski definition) is 5. The monoisotopic (exact) mass is 200 g/mol. The Labute approximate surface area is 80.7 Å². The highest BCUT2D eigenvalue weighted by Crippen LogP contribution is 2.20. The van der Waals surface area contributed by atoms with Crippen LogP contribution in [-0.4, -0.2) is 17.6 Å². The summed E-state index contributed by atoms with van der Waals surface area (Å²) in [7, 11) is 0. The number of thiazole rings is 1. The van der Waals surface area contributed by atoms with E-state index in [0.717, 1.165) is 0 Å². The van der Waals surface area contributed by atoms with Crippen LogP contribution in [0, 0.1) is 0 Å². The molecule has 72 valence electrons. The summed E-state index contributed by atoms with van der Waals surface area (Å²) in [4.78, 5) is 15.3. The van der Waals surface area contributed by atoms with Crippen LogP contribution >= 0.6 is 11.3 Å². The molecule has 0 saturated heterocycles. The normalized spacial score (nSPS) is 12.5. The van der Waals surface area contributed by atoms with Gasteiger partial charge in [0.25, 0.3) is 0 Å². The first-order chi connectivity index (χ1) is 6.15. The third kappa shape index (κ3) is 2.42. The summed E-state index contributed by atoms with van der Waals surface area (Å²) < 4.78 is 4.85. The van der Waals surface area contributed by atoms with Gasteiger partial charge in [-0.05, 0) is 13.8 Å². The van der Waals surface area contributed by atoms with Crippen molar-refractivity contribution in [3.05, 3.63) is 11.1 Å². The number of carbonyl (C=O) groups excluding carboxylic acids is 1. The predicted octanol–water partition coefficient (Wildman–Crippen LogP) is 1.39.